The van der Waals surface area contributed by atoms with Crippen molar-refractivity contribution in [1.29, 1.82) is 5.26 Å². The van der Waals surface area contributed by atoms with E-state index in [1.165, 1.54) is 0 Å². The van der Waals surface area contributed by atoms with Crippen LogP contribution in [0.2, 0.25) is 10.0 Å². The summed E-state index contributed by atoms with van der Waals surface area (Å²) in [6, 6.07) is 20.0. The lowest BCUT2D eigenvalue weighted by molar-refractivity contribution is -0.112. The molecule has 0 saturated carbocycles. The molecule has 1 N–H and O–H groups in total. The Balaban J connectivity index is 1.76. The van der Waals surface area contributed by atoms with Crippen molar-refractivity contribution >= 4 is 40.9 Å². The minimum Gasteiger partial charge on any atom is -0.488 e. The molecule has 0 aliphatic rings. The molecular weight excluding hydrogens is 431 g/mol. The fourth-order valence-corrected chi connectivity index (χ4v) is 3.43. The van der Waals surface area contributed by atoms with Gasteiger partial charge in [-0.2, -0.15) is 5.26 Å². The summed E-state index contributed by atoms with van der Waals surface area (Å²) < 4.78 is 6.00. The SMILES string of the molecule is Cc1cc(/C=C(\C#N)C(=O)Nc2cccc(Cl)c2)cc(C)c1OCc1ccc(Cl)cc1. The van der Waals surface area contributed by atoms with Gasteiger partial charge in [-0.15, -0.1) is 0 Å². The van der Waals surface area contributed by atoms with Gasteiger partial charge in [0.15, 0.2) is 0 Å². The predicted octanol–water partition coefficient (Wildman–Crippen LogP) is 6.73. The summed E-state index contributed by atoms with van der Waals surface area (Å²) in [5.41, 5.74) is 4.09. The number of carbonyl (C=O) groups excluding carboxylic acids is 1. The summed E-state index contributed by atoms with van der Waals surface area (Å²) in [6.45, 7) is 4.28. The van der Waals surface area contributed by atoms with Crippen molar-refractivity contribution in [2.75, 3.05) is 5.32 Å². The van der Waals surface area contributed by atoms with E-state index in [1.807, 2.05) is 56.3 Å². The largest absolute Gasteiger partial charge is 0.488 e. The zero-order valence-electron chi connectivity index (χ0n) is 17.1. The van der Waals surface area contributed by atoms with Gasteiger partial charge in [0.1, 0.15) is 24.0 Å². The Morgan fingerprint density at radius 3 is 2.32 bits per heavy atom. The second kappa shape index (κ2) is 10.2. The monoisotopic (exact) mass is 450 g/mol. The number of ether oxygens (including phenoxy) is 1. The lowest BCUT2D eigenvalue weighted by Gasteiger charge is -2.13. The van der Waals surface area contributed by atoms with E-state index in [2.05, 4.69) is 5.32 Å². The molecule has 0 unspecified atom stereocenters. The van der Waals surface area contributed by atoms with E-state index in [1.54, 1.807) is 30.3 Å². The summed E-state index contributed by atoms with van der Waals surface area (Å²) in [7, 11) is 0. The Morgan fingerprint density at radius 1 is 1.03 bits per heavy atom. The Kier molecular flexibility index (Phi) is 7.36. The summed E-state index contributed by atoms with van der Waals surface area (Å²) in [6.07, 6.45) is 1.56. The molecule has 0 aliphatic heterocycles. The second-order valence-electron chi connectivity index (χ2n) is 7.03. The number of hydrogen-bond donors (Lipinski definition) is 1. The molecule has 3 rings (SSSR count). The first-order chi connectivity index (χ1) is 14.9. The summed E-state index contributed by atoms with van der Waals surface area (Å²) >= 11 is 11.9. The van der Waals surface area contributed by atoms with E-state index in [0.29, 0.717) is 22.3 Å². The standard InChI is InChI=1S/C25H20Cl2N2O2/c1-16-10-19(11-17(2)24(16)31-15-18-6-8-21(26)9-7-18)12-20(14-28)25(30)29-23-5-3-4-22(27)13-23/h3-13H,15H2,1-2H3,(H,29,30)/b20-12+. The third-order valence-electron chi connectivity index (χ3n) is 4.54. The molecule has 3 aromatic rings. The number of nitriles is 1. The first kappa shape index (κ1) is 22.4. The van der Waals surface area contributed by atoms with Crippen LogP contribution in [0.3, 0.4) is 0 Å². The van der Waals surface area contributed by atoms with Gasteiger partial charge in [-0.05, 0) is 84.6 Å². The number of nitrogens with zero attached hydrogens (tertiary/aromatic N) is 1. The van der Waals surface area contributed by atoms with Crippen LogP contribution in [0, 0.1) is 25.2 Å². The fraction of sp³-hybridized carbons (Fsp3) is 0.120. The molecule has 0 atom stereocenters. The second-order valence-corrected chi connectivity index (χ2v) is 7.91. The third-order valence-corrected chi connectivity index (χ3v) is 5.02. The maximum Gasteiger partial charge on any atom is 0.266 e. The number of aryl methyl sites for hydroxylation is 2. The predicted molar refractivity (Wildman–Crippen MR) is 125 cm³/mol. The molecule has 4 nitrogen and oxygen atoms in total. The zero-order chi connectivity index (χ0) is 22.4. The van der Waals surface area contributed by atoms with Crippen molar-refractivity contribution in [2.24, 2.45) is 0 Å². The van der Waals surface area contributed by atoms with Gasteiger partial charge in [-0.3, -0.25) is 4.79 Å². The lowest BCUT2D eigenvalue weighted by Crippen LogP contribution is -2.13. The highest BCUT2D eigenvalue weighted by atomic mass is 35.5. The van der Waals surface area contributed by atoms with Gasteiger partial charge in [0, 0.05) is 15.7 Å². The number of halogens is 2. The van der Waals surface area contributed by atoms with E-state index in [4.69, 9.17) is 27.9 Å². The lowest BCUT2D eigenvalue weighted by atomic mass is 10.0. The minimum absolute atomic E-state index is 0.00592. The number of nitrogens with one attached hydrogen (secondary N) is 1. The highest BCUT2D eigenvalue weighted by Gasteiger charge is 2.12. The number of hydrogen-bond acceptors (Lipinski definition) is 3. The molecule has 0 bridgehead atoms. The Bertz CT molecular complexity index is 1160. The number of amides is 1. The first-order valence-electron chi connectivity index (χ1n) is 9.53. The zero-order valence-corrected chi connectivity index (χ0v) is 18.6. The molecule has 6 heteroatoms. The molecule has 1 amide bonds. The summed E-state index contributed by atoms with van der Waals surface area (Å²) in [5, 5.41) is 13.3. The normalized spacial score (nSPS) is 11.0. The van der Waals surface area contributed by atoms with Gasteiger partial charge >= 0.3 is 0 Å². The average Bonchev–Trinajstić information content (AvgIpc) is 2.72. The van der Waals surface area contributed by atoms with Crippen molar-refractivity contribution in [1.82, 2.24) is 0 Å². The average molecular weight is 451 g/mol. The smallest absolute Gasteiger partial charge is 0.266 e. The van der Waals surface area contributed by atoms with Crippen molar-refractivity contribution in [3.63, 3.8) is 0 Å². The quantitative estimate of drug-likeness (QED) is 0.334. The van der Waals surface area contributed by atoms with E-state index in [9.17, 15) is 10.1 Å². The van der Waals surface area contributed by atoms with Crippen LogP contribution in [0.4, 0.5) is 5.69 Å². The van der Waals surface area contributed by atoms with Crippen molar-refractivity contribution in [3.05, 3.63) is 98.5 Å². The molecular formula is C25H20Cl2N2O2. The van der Waals surface area contributed by atoms with Crippen LogP contribution in [-0.4, -0.2) is 5.91 Å². The van der Waals surface area contributed by atoms with Gasteiger partial charge in [0.2, 0.25) is 0 Å². The molecule has 0 aromatic heterocycles. The molecule has 0 aliphatic carbocycles. The van der Waals surface area contributed by atoms with Crippen LogP contribution in [0.1, 0.15) is 22.3 Å². The van der Waals surface area contributed by atoms with Gasteiger partial charge in [0.05, 0.1) is 0 Å². The topological polar surface area (TPSA) is 62.1 Å². The van der Waals surface area contributed by atoms with E-state index in [0.717, 1.165) is 28.0 Å². The Morgan fingerprint density at radius 2 is 1.71 bits per heavy atom. The number of carbonyl (C=O) groups is 1. The first-order valence-corrected chi connectivity index (χ1v) is 10.3. The van der Waals surface area contributed by atoms with Gasteiger partial charge < -0.3 is 10.1 Å². The van der Waals surface area contributed by atoms with E-state index in [-0.39, 0.29) is 5.57 Å². The van der Waals surface area contributed by atoms with Crippen molar-refractivity contribution in [3.8, 4) is 11.8 Å². The number of rotatable bonds is 6. The van der Waals surface area contributed by atoms with Crippen LogP contribution in [0.15, 0.2) is 66.2 Å². The summed E-state index contributed by atoms with van der Waals surface area (Å²) in [5.74, 6) is 0.275. The molecule has 0 heterocycles. The van der Waals surface area contributed by atoms with Crippen LogP contribution < -0.4 is 10.1 Å². The highest BCUT2D eigenvalue weighted by molar-refractivity contribution is 6.31. The molecule has 3 aromatic carbocycles. The number of anilines is 1. The third kappa shape index (κ3) is 6.11. The summed E-state index contributed by atoms with van der Waals surface area (Å²) in [4.78, 5) is 12.5. The molecule has 0 fully saturated rings. The molecule has 0 spiro atoms. The fourth-order valence-electron chi connectivity index (χ4n) is 3.11. The van der Waals surface area contributed by atoms with Gasteiger partial charge in [-0.25, -0.2) is 0 Å². The van der Waals surface area contributed by atoms with Crippen LogP contribution in [0.25, 0.3) is 6.08 Å². The van der Waals surface area contributed by atoms with E-state index >= 15 is 0 Å². The van der Waals surface area contributed by atoms with Crippen molar-refractivity contribution < 1.29 is 9.53 Å². The van der Waals surface area contributed by atoms with Crippen LogP contribution >= 0.6 is 23.2 Å². The highest BCUT2D eigenvalue weighted by Crippen LogP contribution is 2.27. The minimum atomic E-state index is -0.497. The Hall–Kier alpha value is -3.26. The van der Waals surface area contributed by atoms with Gasteiger partial charge in [-0.1, -0.05) is 41.4 Å². The number of benzene rings is 3. The Labute approximate surface area is 191 Å². The van der Waals surface area contributed by atoms with Crippen LogP contribution in [-0.2, 0) is 11.4 Å². The molecule has 31 heavy (non-hydrogen) atoms. The molecule has 0 saturated heterocycles. The molecule has 0 radical (unpaired) electrons. The van der Waals surface area contributed by atoms with Gasteiger partial charge in [0.25, 0.3) is 5.91 Å². The van der Waals surface area contributed by atoms with E-state index < -0.39 is 5.91 Å². The maximum absolute atomic E-state index is 12.5. The van der Waals surface area contributed by atoms with Crippen LogP contribution in [0.5, 0.6) is 5.75 Å². The van der Waals surface area contributed by atoms with Crippen molar-refractivity contribution in [2.45, 2.75) is 20.5 Å². The maximum atomic E-state index is 12.5. The molecule has 156 valence electrons.